The number of anilines is 2. The average Bonchev–Trinajstić information content (AvgIpc) is 2.50. The van der Waals surface area contributed by atoms with Crippen molar-refractivity contribution in [2.75, 3.05) is 10.6 Å². The Hall–Kier alpha value is -3.42. The van der Waals surface area contributed by atoms with Gasteiger partial charge in [-0.05, 0) is 29.2 Å². The quantitative estimate of drug-likeness (QED) is 0.575. The second-order valence-corrected chi connectivity index (χ2v) is 6.37. The van der Waals surface area contributed by atoms with Gasteiger partial charge in [-0.25, -0.2) is 9.59 Å². The number of rotatable bonds is 6. The molecule has 0 fully saturated rings. The number of carboxylic acid groups (broad SMARTS) is 2. The number of amides is 2. The molecule has 0 unspecified atom stereocenters. The Morgan fingerprint density at radius 2 is 1.15 bits per heavy atom. The minimum Gasteiger partial charge on any atom is -0.478 e. The maximum atomic E-state index is 11.8. The van der Waals surface area contributed by atoms with Gasteiger partial charge in [-0.1, -0.05) is 20.8 Å². The van der Waals surface area contributed by atoms with E-state index in [1.54, 1.807) is 12.1 Å². The first-order chi connectivity index (χ1) is 12.0. The Morgan fingerprint density at radius 1 is 0.769 bits per heavy atom. The smallest absolute Gasteiger partial charge is 0.328 e. The molecule has 26 heavy (non-hydrogen) atoms. The topological polar surface area (TPSA) is 133 Å². The Balaban J connectivity index is 3.11. The molecule has 0 aliphatic rings. The Morgan fingerprint density at radius 3 is 1.46 bits per heavy atom. The maximum absolute atomic E-state index is 11.8. The van der Waals surface area contributed by atoms with Gasteiger partial charge in [-0.3, -0.25) is 9.59 Å². The van der Waals surface area contributed by atoms with Crippen LogP contribution in [0.25, 0.3) is 0 Å². The Labute approximate surface area is 150 Å². The zero-order chi connectivity index (χ0) is 19.9. The highest BCUT2D eigenvalue weighted by atomic mass is 16.4. The lowest BCUT2D eigenvalue weighted by Gasteiger charge is -2.21. The standard InChI is InChI=1S/C18H20N2O6/c1-18(2,3)11-8-12(19-14(21)4-6-16(23)24)10-13(9-11)20-15(22)5-7-17(25)26/h4-10H,1-3H3,(H,19,21)(H,20,22)(H,23,24)(H,25,26). The van der Waals surface area contributed by atoms with Gasteiger partial charge in [-0.2, -0.15) is 0 Å². The van der Waals surface area contributed by atoms with Crippen LogP contribution in [-0.4, -0.2) is 34.0 Å². The predicted octanol–water partition coefficient (Wildman–Crippen LogP) is 2.14. The number of benzene rings is 1. The van der Waals surface area contributed by atoms with Crippen molar-refractivity contribution in [2.24, 2.45) is 0 Å². The van der Waals surface area contributed by atoms with Gasteiger partial charge in [0.05, 0.1) is 0 Å². The average molecular weight is 360 g/mol. The highest BCUT2D eigenvalue weighted by Crippen LogP contribution is 2.28. The van der Waals surface area contributed by atoms with E-state index < -0.39 is 23.8 Å². The largest absolute Gasteiger partial charge is 0.478 e. The first-order valence-corrected chi connectivity index (χ1v) is 7.57. The minimum atomic E-state index is -1.25. The number of nitrogens with one attached hydrogen (secondary N) is 2. The van der Waals surface area contributed by atoms with Crippen LogP contribution in [0.2, 0.25) is 0 Å². The summed E-state index contributed by atoms with van der Waals surface area (Å²) in [6.45, 7) is 5.82. The number of carbonyl (C=O) groups excluding carboxylic acids is 2. The minimum absolute atomic E-state index is 0.298. The van der Waals surface area contributed by atoms with Crippen LogP contribution in [0.5, 0.6) is 0 Å². The van der Waals surface area contributed by atoms with Crippen molar-refractivity contribution in [3.05, 3.63) is 48.1 Å². The highest BCUT2D eigenvalue weighted by Gasteiger charge is 2.16. The maximum Gasteiger partial charge on any atom is 0.328 e. The molecule has 4 N–H and O–H groups in total. The molecule has 0 bridgehead atoms. The van der Waals surface area contributed by atoms with Crippen molar-refractivity contribution in [3.63, 3.8) is 0 Å². The molecule has 1 rings (SSSR count). The van der Waals surface area contributed by atoms with Crippen molar-refractivity contribution < 1.29 is 29.4 Å². The van der Waals surface area contributed by atoms with Gasteiger partial charge >= 0.3 is 11.9 Å². The van der Waals surface area contributed by atoms with Crippen molar-refractivity contribution in [2.45, 2.75) is 26.2 Å². The van der Waals surface area contributed by atoms with Crippen molar-refractivity contribution in [1.29, 1.82) is 0 Å². The molecule has 0 aliphatic carbocycles. The number of hydrogen-bond acceptors (Lipinski definition) is 4. The van der Waals surface area contributed by atoms with E-state index in [0.29, 0.717) is 23.5 Å². The zero-order valence-corrected chi connectivity index (χ0v) is 14.6. The fourth-order valence-corrected chi connectivity index (χ4v) is 1.87. The third kappa shape index (κ3) is 7.43. The second-order valence-electron chi connectivity index (χ2n) is 6.37. The summed E-state index contributed by atoms with van der Waals surface area (Å²) in [6.07, 6.45) is 3.17. The lowest BCUT2D eigenvalue weighted by molar-refractivity contribution is -0.132. The van der Waals surface area contributed by atoms with E-state index in [4.69, 9.17) is 10.2 Å². The van der Waals surface area contributed by atoms with Crippen LogP contribution in [-0.2, 0) is 24.6 Å². The Kier molecular flexibility index (Phi) is 6.83. The molecule has 0 radical (unpaired) electrons. The summed E-state index contributed by atoms with van der Waals surface area (Å²) in [5.41, 5.74) is 1.22. The first kappa shape index (κ1) is 20.6. The summed E-state index contributed by atoms with van der Waals surface area (Å²) < 4.78 is 0. The Bertz CT molecular complexity index is 731. The molecule has 8 heteroatoms. The van der Waals surface area contributed by atoms with Crippen LogP contribution >= 0.6 is 0 Å². The van der Waals surface area contributed by atoms with Gasteiger partial charge in [0.2, 0.25) is 11.8 Å². The fourth-order valence-electron chi connectivity index (χ4n) is 1.87. The summed E-state index contributed by atoms with van der Waals surface area (Å²) in [5.74, 6) is -3.77. The third-order valence-electron chi connectivity index (χ3n) is 3.09. The highest BCUT2D eigenvalue weighted by molar-refractivity contribution is 6.04. The van der Waals surface area contributed by atoms with Gasteiger partial charge in [0.15, 0.2) is 0 Å². The molecule has 0 heterocycles. The molecule has 2 amide bonds. The second kappa shape index (κ2) is 8.61. The molecular weight excluding hydrogens is 340 g/mol. The van der Waals surface area contributed by atoms with Crippen molar-refractivity contribution in [3.8, 4) is 0 Å². The van der Waals surface area contributed by atoms with E-state index in [1.807, 2.05) is 20.8 Å². The van der Waals surface area contributed by atoms with Crippen molar-refractivity contribution >= 4 is 35.1 Å². The normalized spacial score (nSPS) is 11.5. The molecule has 0 spiro atoms. The van der Waals surface area contributed by atoms with E-state index in [9.17, 15) is 19.2 Å². The molecular formula is C18H20N2O6. The fraction of sp³-hybridized carbons (Fsp3) is 0.222. The van der Waals surface area contributed by atoms with Crippen LogP contribution in [0.1, 0.15) is 26.3 Å². The number of carboxylic acids is 2. The van der Waals surface area contributed by atoms with E-state index >= 15 is 0 Å². The van der Waals surface area contributed by atoms with Crippen LogP contribution in [0.15, 0.2) is 42.5 Å². The van der Waals surface area contributed by atoms with E-state index in [0.717, 1.165) is 17.7 Å². The van der Waals surface area contributed by atoms with E-state index in [-0.39, 0.29) is 5.41 Å². The molecule has 0 atom stereocenters. The van der Waals surface area contributed by atoms with E-state index in [1.165, 1.54) is 6.07 Å². The number of aliphatic carboxylic acids is 2. The monoisotopic (exact) mass is 360 g/mol. The summed E-state index contributed by atoms with van der Waals surface area (Å²) in [6, 6.07) is 4.89. The summed E-state index contributed by atoms with van der Waals surface area (Å²) in [4.78, 5) is 44.5. The number of hydrogen-bond donors (Lipinski definition) is 4. The third-order valence-corrected chi connectivity index (χ3v) is 3.09. The lowest BCUT2D eigenvalue weighted by Crippen LogP contribution is -2.16. The molecule has 0 saturated carbocycles. The van der Waals surface area contributed by atoms with Gasteiger partial charge in [0, 0.05) is 35.7 Å². The van der Waals surface area contributed by atoms with Crippen LogP contribution < -0.4 is 10.6 Å². The lowest BCUT2D eigenvalue weighted by atomic mass is 9.86. The first-order valence-electron chi connectivity index (χ1n) is 7.57. The predicted molar refractivity (Wildman–Crippen MR) is 96.0 cm³/mol. The van der Waals surface area contributed by atoms with Gasteiger partial charge in [0.25, 0.3) is 0 Å². The summed E-state index contributed by atoms with van der Waals surface area (Å²) in [7, 11) is 0. The molecule has 1 aromatic rings. The zero-order valence-electron chi connectivity index (χ0n) is 14.6. The van der Waals surface area contributed by atoms with Crippen LogP contribution in [0.3, 0.4) is 0 Å². The SMILES string of the molecule is CC(C)(C)c1cc(NC(=O)C=CC(=O)O)cc(NC(=O)C=CC(=O)O)c1. The van der Waals surface area contributed by atoms with Gasteiger partial charge < -0.3 is 20.8 Å². The summed E-state index contributed by atoms with van der Waals surface area (Å²) >= 11 is 0. The van der Waals surface area contributed by atoms with Crippen LogP contribution in [0, 0.1) is 0 Å². The molecule has 0 saturated heterocycles. The van der Waals surface area contributed by atoms with Crippen molar-refractivity contribution in [1.82, 2.24) is 0 Å². The molecule has 8 nitrogen and oxygen atoms in total. The number of carbonyl (C=O) groups is 4. The molecule has 0 aromatic heterocycles. The van der Waals surface area contributed by atoms with E-state index in [2.05, 4.69) is 10.6 Å². The van der Waals surface area contributed by atoms with Gasteiger partial charge in [0.1, 0.15) is 0 Å². The molecule has 138 valence electrons. The molecule has 1 aromatic carbocycles. The summed E-state index contributed by atoms with van der Waals surface area (Å²) in [5, 5.41) is 22.1. The molecule has 0 aliphatic heterocycles. The van der Waals surface area contributed by atoms with Crippen LogP contribution in [0.4, 0.5) is 11.4 Å². The van der Waals surface area contributed by atoms with Gasteiger partial charge in [-0.15, -0.1) is 0 Å².